The van der Waals surface area contributed by atoms with E-state index in [1.54, 1.807) is 0 Å². The summed E-state index contributed by atoms with van der Waals surface area (Å²) in [5, 5.41) is 4.65. The van der Waals surface area contributed by atoms with Crippen LogP contribution in [0.1, 0.15) is 63.1 Å². The van der Waals surface area contributed by atoms with Crippen molar-refractivity contribution in [1.29, 1.82) is 0 Å². The maximum Gasteiger partial charge on any atom is 0.0438 e. The molecule has 0 aromatic heterocycles. The predicted octanol–water partition coefficient (Wildman–Crippen LogP) is 5.27. The van der Waals surface area contributed by atoms with E-state index in [1.807, 2.05) is 0 Å². The summed E-state index contributed by atoms with van der Waals surface area (Å²) < 4.78 is 0. The van der Waals surface area contributed by atoms with Gasteiger partial charge in [-0.2, -0.15) is 0 Å². The molecule has 1 N–H and O–H groups in total. The fourth-order valence-electron chi connectivity index (χ4n) is 3.32. The third-order valence-corrected chi connectivity index (χ3v) is 4.98. The van der Waals surface area contributed by atoms with Crippen molar-refractivity contribution in [1.82, 2.24) is 5.32 Å². The minimum absolute atomic E-state index is 0.383. The molecule has 2 rings (SSSR count). The quantitative estimate of drug-likeness (QED) is 0.774. The lowest BCUT2D eigenvalue weighted by Gasteiger charge is -2.35. The van der Waals surface area contributed by atoms with Gasteiger partial charge >= 0.3 is 0 Å². The van der Waals surface area contributed by atoms with E-state index in [0.29, 0.717) is 11.5 Å². The summed E-state index contributed by atoms with van der Waals surface area (Å²) in [5.74, 6) is 0. The van der Waals surface area contributed by atoms with Gasteiger partial charge in [0.1, 0.15) is 0 Å². The lowest BCUT2D eigenvalue weighted by Crippen LogP contribution is -2.35. The van der Waals surface area contributed by atoms with Crippen LogP contribution in [0, 0.1) is 12.3 Å². The van der Waals surface area contributed by atoms with E-state index < -0.39 is 0 Å². The molecule has 0 aliphatic heterocycles. The van der Waals surface area contributed by atoms with E-state index in [4.69, 9.17) is 11.6 Å². The third kappa shape index (κ3) is 3.32. The maximum absolute atomic E-state index is 6.32. The number of rotatable bonds is 5. The minimum Gasteiger partial charge on any atom is -0.309 e. The highest BCUT2D eigenvalue weighted by Crippen LogP contribution is 2.47. The van der Waals surface area contributed by atoms with Crippen molar-refractivity contribution >= 4 is 11.6 Å². The molecule has 1 unspecified atom stereocenters. The van der Waals surface area contributed by atoms with Crippen molar-refractivity contribution in [3.8, 4) is 0 Å². The Bertz CT molecular complexity index is 421. The molecular weight excluding hydrogens is 254 g/mol. The van der Waals surface area contributed by atoms with Gasteiger partial charge in [-0.1, -0.05) is 50.4 Å². The second kappa shape index (κ2) is 6.28. The van der Waals surface area contributed by atoms with E-state index in [9.17, 15) is 0 Å². The highest BCUT2D eigenvalue weighted by molar-refractivity contribution is 6.31. The van der Waals surface area contributed by atoms with Crippen LogP contribution in [0.25, 0.3) is 0 Å². The molecule has 1 saturated carbocycles. The molecule has 1 atom stereocenters. The van der Waals surface area contributed by atoms with Gasteiger partial charge in [-0.25, -0.2) is 0 Å². The molecule has 106 valence electrons. The first-order valence-electron chi connectivity index (χ1n) is 7.56. The van der Waals surface area contributed by atoms with E-state index >= 15 is 0 Å². The summed E-state index contributed by atoms with van der Waals surface area (Å²) in [6.45, 7) is 7.80. The third-order valence-electron chi connectivity index (χ3n) is 4.57. The molecular formula is C17H26ClN. The number of hydrogen-bond donors (Lipinski definition) is 1. The van der Waals surface area contributed by atoms with Crippen molar-refractivity contribution in [3.63, 3.8) is 0 Å². The summed E-state index contributed by atoms with van der Waals surface area (Å²) in [4.78, 5) is 0. The summed E-state index contributed by atoms with van der Waals surface area (Å²) in [6, 6.07) is 7.00. The lowest BCUT2D eigenvalue weighted by atomic mass is 9.77. The van der Waals surface area contributed by atoms with Crippen molar-refractivity contribution in [2.24, 2.45) is 5.41 Å². The van der Waals surface area contributed by atoms with Gasteiger partial charge < -0.3 is 5.32 Å². The lowest BCUT2D eigenvalue weighted by molar-refractivity contribution is 0.223. The summed E-state index contributed by atoms with van der Waals surface area (Å²) >= 11 is 6.32. The van der Waals surface area contributed by atoms with Crippen molar-refractivity contribution in [2.45, 2.75) is 58.9 Å². The molecule has 0 amide bonds. The van der Waals surface area contributed by atoms with Crippen LogP contribution in [0.15, 0.2) is 18.2 Å². The Hall–Kier alpha value is -0.530. The molecule has 1 aromatic carbocycles. The molecule has 2 heteroatoms. The van der Waals surface area contributed by atoms with Gasteiger partial charge in [0.2, 0.25) is 0 Å². The molecule has 0 radical (unpaired) electrons. The normalized spacial score (nSPS) is 19.6. The Morgan fingerprint density at radius 1 is 1.32 bits per heavy atom. The fourth-order valence-corrected chi connectivity index (χ4v) is 3.50. The van der Waals surface area contributed by atoms with Crippen LogP contribution in [0.3, 0.4) is 0 Å². The average Bonchev–Trinajstić information content (AvgIpc) is 2.82. The van der Waals surface area contributed by atoms with Crippen molar-refractivity contribution in [3.05, 3.63) is 34.3 Å². The number of benzene rings is 1. The van der Waals surface area contributed by atoms with Crippen molar-refractivity contribution < 1.29 is 0 Å². The molecule has 0 spiro atoms. The summed E-state index contributed by atoms with van der Waals surface area (Å²) in [5.41, 5.74) is 2.90. The number of halogens is 1. The highest BCUT2D eigenvalue weighted by atomic mass is 35.5. The van der Waals surface area contributed by atoms with E-state index in [1.165, 1.54) is 37.7 Å². The Morgan fingerprint density at radius 2 is 2.00 bits per heavy atom. The van der Waals surface area contributed by atoms with Gasteiger partial charge in [-0.05, 0) is 55.3 Å². The molecule has 1 aromatic rings. The van der Waals surface area contributed by atoms with E-state index in [-0.39, 0.29) is 0 Å². The van der Waals surface area contributed by atoms with Crippen molar-refractivity contribution in [2.75, 3.05) is 6.54 Å². The molecule has 1 nitrogen and oxygen atoms in total. The van der Waals surface area contributed by atoms with Gasteiger partial charge in [0.15, 0.2) is 0 Å². The first-order valence-corrected chi connectivity index (χ1v) is 7.94. The topological polar surface area (TPSA) is 12.0 Å². The Labute approximate surface area is 122 Å². The number of nitrogens with one attached hydrogen (secondary N) is 1. The van der Waals surface area contributed by atoms with Gasteiger partial charge in [0.05, 0.1) is 0 Å². The van der Waals surface area contributed by atoms with Crippen LogP contribution in [0.2, 0.25) is 5.02 Å². The number of hydrogen-bond acceptors (Lipinski definition) is 1. The van der Waals surface area contributed by atoms with Gasteiger partial charge in [-0.15, -0.1) is 0 Å². The zero-order valence-corrected chi connectivity index (χ0v) is 13.2. The standard InChI is InChI=1S/C17H26ClN/c1-4-11-19-16(17(3)9-5-6-10-17)14-8-7-13(2)15(18)12-14/h7-8,12,16,19H,4-6,9-11H2,1-3H3. The first-order chi connectivity index (χ1) is 9.07. The highest BCUT2D eigenvalue weighted by Gasteiger charge is 2.37. The van der Waals surface area contributed by atoms with Gasteiger partial charge in [0.25, 0.3) is 0 Å². The molecule has 1 fully saturated rings. The van der Waals surface area contributed by atoms with Gasteiger partial charge in [0, 0.05) is 11.1 Å². The largest absolute Gasteiger partial charge is 0.309 e. The van der Waals surface area contributed by atoms with Crippen LogP contribution in [-0.2, 0) is 0 Å². The fraction of sp³-hybridized carbons (Fsp3) is 0.647. The Kier molecular flexibility index (Phi) is 4.92. The Morgan fingerprint density at radius 3 is 2.58 bits per heavy atom. The summed E-state index contributed by atoms with van der Waals surface area (Å²) in [6.07, 6.45) is 6.53. The molecule has 1 aliphatic rings. The van der Waals surface area contributed by atoms with Crippen LogP contribution in [-0.4, -0.2) is 6.54 Å². The van der Waals surface area contributed by atoms with Crippen LogP contribution in [0.5, 0.6) is 0 Å². The minimum atomic E-state index is 0.383. The predicted molar refractivity (Wildman–Crippen MR) is 83.8 cm³/mol. The molecule has 0 bridgehead atoms. The maximum atomic E-state index is 6.32. The monoisotopic (exact) mass is 279 g/mol. The SMILES string of the molecule is CCCNC(c1ccc(C)c(Cl)c1)C1(C)CCCC1. The first kappa shape index (κ1) is 14.9. The van der Waals surface area contributed by atoms with Crippen LogP contribution < -0.4 is 5.32 Å². The molecule has 19 heavy (non-hydrogen) atoms. The van der Waals surface area contributed by atoms with E-state index in [2.05, 4.69) is 44.3 Å². The second-order valence-corrected chi connectivity index (χ2v) is 6.66. The van der Waals surface area contributed by atoms with Crippen LogP contribution >= 0.6 is 11.6 Å². The van der Waals surface area contributed by atoms with Gasteiger partial charge in [-0.3, -0.25) is 0 Å². The molecule has 1 aliphatic carbocycles. The summed E-state index contributed by atoms with van der Waals surface area (Å²) in [7, 11) is 0. The van der Waals surface area contributed by atoms with Crippen LogP contribution in [0.4, 0.5) is 0 Å². The average molecular weight is 280 g/mol. The second-order valence-electron chi connectivity index (χ2n) is 6.26. The smallest absolute Gasteiger partial charge is 0.0438 e. The Balaban J connectivity index is 2.28. The van der Waals surface area contributed by atoms with E-state index in [0.717, 1.165) is 17.1 Å². The number of aryl methyl sites for hydroxylation is 1. The molecule has 0 saturated heterocycles. The molecule has 0 heterocycles. The zero-order valence-electron chi connectivity index (χ0n) is 12.4. The zero-order chi connectivity index (χ0) is 13.9.